The van der Waals surface area contributed by atoms with E-state index in [0.717, 1.165) is 11.1 Å². The molecule has 0 amide bonds. The lowest BCUT2D eigenvalue weighted by Crippen LogP contribution is -2.13. The third-order valence-electron chi connectivity index (χ3n) is 2.97. The van der Waals surface area contributed by atoms with Crippen LogP contribution in [0.4, 0.5) is 0 Å². The second kappa shape index (κ2) is 4.37. The number of hydrogen-bond donors (Lipinski definition) is 2. The van der Waals surface area contributed by atoms with Crippen molar-refractivity contribution in [2.45, 2.75) is 26.2 Å². The molecule has 0 saturated carbocycles. The number of rotatable bonds is 1. The van der Waals surface area contributed by atoms with Crippen molar-refractivity contribution in [2.24, 2.45) is 0 Å². The first-order chi connectivity index (χ1) is 8.41. The van der Waals surface area contributed by atoms with Gasteiger partial charge in [0.05, 0.1) is 0 Å². The summed E-state index contributed by atoms with van der Waals surface area (Å²) in [6.45, 7) is 6.07. The Labute approximate surface area is 108 Å². The molecule has 0 aliphatic heterocycles. The molecule has 0 heterocycles. The lowest BCUT2D eigenvalue weighted by Gasteiger charge is -2.25. The quantitative estimate of drug-likeness (QED) is 0.740. The first-order valence-electron chi connectivity index (χ1n) is 6.02. The number of phenols is 2. The van der Waals surface area contributed by atoms with Crippen molar-refractivity contribution >= 4 is 0 Å². The maximum absolute atomic E-state index is 10.1. The predicted octanol–water partition coefficient (Wildman–Crippen LogP) is 4.06. The standard InChI is InChI=1S/C16H18O2/c1-16(2,3)15-13(18)10-9-12(17)14(15)11-7-5-4-6-8-11/h4-10,17-18H,1-3H3. The number of benzene rings is 2. The maximum Gasteiger partial charge on any atom is 0.123 e. The van der Waals surface area contributed by atoms with E-state index < -0.39 is 0 Å². The molecule has 0 atom stereocenters. The summed E-state index contributed by atoms with van der Waals surface area (Å²) in [4.78, 5) is 0. The van der Waals surface area contributed by atoms with Gasteiger partial charge in [0, 0.05) is 11.1 Å². The summed E-state index contributed by atoms with van der Waals surface area (Å²) in [6.07, 6.45) is 0. The van der Waals surface area contributed by atoms with Gasteiger partial charge in [-0.1, -0.05) is 51.1 Å². The van der Waals surface area contributed by atoms with E-state index in [9.17, 15) is 10.2 Å². The molecule has 0 fully saturated rings. The van der Waals surface area contributed by atoms with Gasteiger partial charge in [0.1, 0.15) is 11.5 Å². The molecule has 0 aliphatic rings. The Hall–Kier alpha value is -1.96. The van der Waals surface area contributed by atoms with E-state index in [1.54, 1.807) is 6.07 Å². The van der Waals surface area contributed by atoms with Crippen LogP contribution in [0.2, 0.25) is 0 Å². The zero-order valence-electron chi connectivity index (χ0n) is 10.9. The van der Waals surface area contributed by atoms with Gasteiger partial charge in [-0.05, 0) is 23.1 Å². The molecule has 0 bridgehead atoms. The van der Waals surface area contributed by atoms with Crippen LogP contribution in [0.5, 0.6) is 11.5 Å². The summed E-state index contributed by atoms with van der Waals surface area (Å²) in [5.74, 6) is 0.420. The van der Waals surface area contributed by atoms with E-state index in [1.165, 1.54) is 6.07 Å². The number of phenolic OH excluding ortho intramolecular Hbond substituents is 2. The van der Waals surface area contributed by atoms with E-state index in [4.69, 9.17) is 0 Å². The molecule has 2 heteroatoms. The fraction of sp³-hybridized carbons (Fsp3) is 0.250. The van der Waals surface area contributed by atoms with Crippen LogP contribution in [-0.2, 0) is 5.41 Å². The molecule has 0 aromatic heterocycles. The second-order valence-corrected chi connectivity index (χ2v) is 5.47. The molecular weight excluding hydrogens is 224 g/mol. The zero-order chi connectivity index (χ0) is 13.3. The van der Waals surface area contributed by atoms with Gasteiger partial charge >= 0.3 is 0 Å². The molecular formula is C16H18O2. The highest BCUT2D eigenvalue weighted by Crippen LogP contribution is 2.43. The van der Waals surface area contributed by atoms with Crippen LogP contribution >= 0.6 is 0 Å². The van der Waals surface area contributed by atoms with E-state index in [1.807, 2.05) is 51.1 Å². The Kier molecular flexibility index (Phi) is 3.04. The molecule has 0 radical (unpaired) electrons. The molecule has 0 unspecified atom stereocenters. The molecule has 2 rings (SSSR count). The fourth-order valence-electron chi connectivity index (χ4n) is 2.24. The first kappa shape index (κ1) is 12.5. The van der Waals surface area contributed by atoms with Crippen LogP contribution in [0.3, 0.4) is 0 Å². The minimum atomic E-state index is -0.242. The van der Waals surface area contributed by atoms with Crippen molar-refractivity contribution in [3.05, 3.63) is 48.0 Å². The summed E-state index contributed by atoms with van der Waals surface area (Å²) < 4.78 is 0. The minimum Gasteiger partial charge on any atom is -0.508 e. The predicted molar refractivity (Wildman–Crippen MR) is 73.9 cm³/mol. The van der Waals surface area contributed by atoms with Crippen LogP contribution < -0.4 is 0 Å². The van der Waals surface area contributed by atoms with Crippen LogP contribution in [0.25, 0.3) is 11.1 Å². The summed E-state index contributed by atoms with van der Waals surface area (Å²) in [6, 6.07) is 12.7. The summed E-state index contributed by atoms with van der Waals surface area (Å²) in [7, 11) is 0. The second-order valence-electron chi connectivity index (χ2n) is 5.47. The Bertz CT molecular complexity index is 551. The van der Waals surface area contributed by atoms with Gasteiger partial charge in [0.2, 0.25) is 0 Å². The molecule has 2 aromatic rings. The number of aromatic hydroxyl groups is 2. The van der Waals surface area contributed by atoms with Gasteiger partial charge in [0.25, 0.3) is 0 Å². The third-order valence-corrected chi connectivity index (χ3v) is 2.97. The molecule has 0 spiro atoms. The zero-order valence-corrected chi connectivity index (χ0v) is 10.9. The average Bonchev–Trinajstić information content (AvgIpc) is 2.31. The topological polar surface area (TPSA) is 40.5 Å². The maximum atomic E-state index is 10.1. The highest BCUT2D eigenvalue weighted by Gasteiger charge is 2.25. The molecule has 94 valence electrons. The minimum absolute atomic E-state index is 0.198. The first-order valence-corrected chi connectivity index (χ1v) is 6.02. The van der Waals surface area contributed by atoms with Crippen LogP contribution in [0.15, 0.2) is 42.5 Å². The summed E-state index contributed by atoms with van der Waals surface area (Å²) >= 11 is 0. The van der Waals surface area contributed by atoms with Crippen LogP contribution in [-0.4, -0.2) is 10.2 Å². The highest BCUT2D eigenvalue weighted by atomic mass is 16.3. The van der Waals surface area contributed by atoms with E-state index in [2.05, 4.69) is 0 Å². The van der Waals surface area contributed by atoms with Gasteiger partial charge < -0.3 is 10.2 Å². The Balaban J connectivity index is 2.78. The van der Waals surface area contributed by atoms with Crippen molar-refractivity contribution in [3.63, 3.8) is 0 Å². The van der Waals surface area contributed by atoms with Gasteiger partial charge in [0.15, 0.2) is 0 Å². The summed E-state index contributed by atoms with van der Waals surface area (Å²) in [5.41, 5.74) is 2.15. The number of hydrogen-bond acceptors (Lipinski definition) is 2. The van der Waals surface area contributed by atoms with Gasteiger partial charge in [-0.15, -0.1) is 0 Å². The monoisotopic (exact) mass is 242 g/mol. The van der Waals surface area contributed by atoms with Gasteiger partial charge in [-0.25, -0.2) is 0 Å². The summed E-state index contributed by atoms with van der Waals surface area (Å²) in [5, 5.41) is 20.2. The molecule has 2 aromatic carbocycles. The molecule has 2 nitrogen and oxygen atoms in total. The molecule has 18 heavy (non-hydrogen) atoms. The molecule has 0 aliphatic carbocycles. The Morgan fingerprint density at radius 1 is 0.778 bits per heavy atom. The normalized spacial score (nSPS) is 11.5. The smallest absolute Gasteiger partial charge is 0.123 e. The SMILES string of the molecule is CC(C)(C)c1c(O)ccc(O)c1-c1ccccc1. The average molecular weight is 242 g/mol. The Morgan fingerprint density at radius 3 is 1.89 bits per heavy atom. The van der Waals surface area contributed by atoms with Crippen molar-refractivity contribution in [1.29, 1.82) is 0 Å². The van der Waals surface area contributed by atoms with Crippen molar-refractivity contribution in [3.8, 4) is 22.6 Å². The highest BCUT2D eigenvalue weighted by molar-refractivity contribution is 5.77. The van der Waals surface area contributed by atoms with Crippen LogP contribution in [0, 0.1) is 0 Å². The van der Waals surface area contributed by atoms with Gasteiger partial charge in [-0.2, -0.15) is 0 Å². The van der Waals surface area contributed by atoms with Crippen molar-refractivity contribution in [2.75, 3.05) is 0 Å². The third kappa shape index (κ3) is 2.19. The molecule has 0 saturated heterocycles. The Morgan fingerprint density at radius 2 is 1.33 bits per heavy atom. The van der Waals surface area contributed by atoms with E-state index in [0.29, 0.717) is 5.56 Å². The molecule has 2 N–H and O–H groups in total. The van der Waals surface area contributed by atoms with E-state index in [-0.39, 0.29) is 16.9 Å². The van der Waals surface area contributed by atoms with Crippen LogP contribution in [0.1, 0.15) is 26.3 Å². The van der Waals surface area contributed by atoms with E-state index >= 15 is 0 Å². The fourth-order valence-corrected chi connectivity index (χ4v) is 2.24. The lowest BCUT2D eigenvalue weighted by atomic mass is 9.80. The lowest BCUT2D eigenvalue weighted by molar-refractivity contribution is 0.437. The van der Waals surface area contributed by atoms with Gasteiger partial charge in [-0.3, -0.25) is 0 Å². The van der Waals surface area contributed by atoms with Crippen molar-refractivity contribution in [1.82, 2.24) is 0 Å². The van der Waals surface area contributed by atoms with Crippen molar-refractivity contribution < 1.29 is 10.2 Å². The largest absolute Gasteiger partial charge is 0.508 e.